The number of morpholine rings is 1. The Balaban J connectivity index is 1.53. The molecule has 1 aromatic carbocycles. The molecule has 29 heavy (non-hydrogen) atoms. The quantitative estimate of drug-likeness (QED) is 0.779. The van der Waals surface area contributed by atoms with E-state index < -0.39 is 0 Å². The van der Waals surface area contributed by atoms with Crippen LogP contribution in [-0.2, 0) is 4.74 Å². The zero-order valence-electron chi connectivity index (χ0n) is 17.6. The van der Waals surface area contributed by atoms with Crippen LogP contribution in [0.4, 0.5) is 0 Å². The summed E-state index contributed by atoms with van der Waals surface area (Å²) in [6.45, 7) is 8.83. The molecule has 0 unspecified atom stereocenters. The Labute approximate surface area is 172 Å². The molecule has 158 valence electrons. The minimum Gasteiger partial charge on any atom is -0.507 e. The molecule has 1 amide bonds. The van der Waals surface area contributed by atoms with E-state index in [4.69, 9.17) is 4.74 Å². The average molecular weight is 401 g/mol. The van der Waals surface area contributed by atoms with Crippen molar-refractivity contribution in [3.63, 3.8) is 0 Å². The van der Waals surface area contributed by atoms with Gasteiger partial charge in [-0.25, -0.2) is 0 Å². The van der Waals surface area contributed by atoms with Gasteiger partial charge in [-0.3, -0.25) is 14.4 Å². The lowest BCUT2D eigenvalue weighted by Gasteiger charge is -2.48. The minimum absolute atomic E-state index is 0.0964. The number of phenolic OH excluding ortho intramolecular Hbond substituents is 1. The van der Waals surface area contributed by atoms with Crippen LogP contribution in [0.5, 0.6) is 5.75 Å². The third-order valence-electron chi connectivity index (χ3n) is 6.19. The summed E-state index contributed by atoms with van der Waals surface area (Å²) in [4.78, 5) is 15.7. The third-order valence-corrected chi connectivity index (χ3v) is 6.19. The molecule has 3 heterocycles. The SMILES string of the molecule is CCCCN1[C@@H]2COC[C@H]1C[C@@H](NC(=O)c1nn(C(C)C)c3cccc(O)c13)C2. The molecule has 2 aromatic rings. The van der Waals surface area contributed by atoms with E-state index in [2.05, 4.69) is 22.2 Å². The van der Waals surface area contributed by atoms with E-state index in [0.717, 1.165) is 38.1 Å². The molecular weight excluding hydrogens is 368 g/mol. The number of fused-ring (bicyclic) bond motifs is 3. The van der Waals surface area contributed by atoms with Gasteiger partial charge in [0, 0.05) is 24.2 Å². The lowest BCUT2D eigenvalue weighted by atomic mass is 9.89. The van der Waals surface area contributed by atoms with Gasteiger partial charge < -0.3 is 15.2 Å². The molecule has 2 bridgehead atoms. The van der Waals surface area contributed by atoms with Gasteiger partial charge >= 0.3 is 0 Å². The number of piperidine rings is 1. The maximum atomic E-state index is 13.1. The molecule has 2 aliphatic rings. The summed E-state index contributed by atoms with van der Waals surface area (Å²) < 4.78 is 7.59. The highest BCUT2D eigenvalue weighted by Crippen LogP contribution is 2.31. The molecule has 2 N–H and O–H groups in total. The fourth-order valence-corrected chi connectivity index (χ4v) is 4.79. The number of amides is 1. The lowest BCUT2D eigenvalue weighted by molar-refractivity contribution is -0.0802. The van der Waals surface area contributed by atoms with E-state index in [1.54, 1.807) is 16.8 Å². The van der Waals surface area contributed by atoms with Gasteiger partial charge in [0.2, 0.25) is 0 Å². The fourth-order valence-electron chi connectivity index (χ4n) is 4.79. The summed E-state index contributed by atoms with van der Waals surface area (Å²) >= 11 is 0. The van der Waals surface area contributed by atoms with E-state index in [1.807, 2.05) is 19.9 Å². The highest BCUT2D eigenvalue weighted by Gasteiger charge is 2.39. The molecule has 0 spiro atoms. The minimum atomic E-state index is -0.207. The van der Waals surface area contributed by atoms with Crippen molar-refractivity contribution in [3.05, 3.63) is 23.9 Å². The van der Waals surface area contributed by atoms with Crippen LogP contribution < -0.4 is 5.32 Å². The molecule has 1 aromatic heterocycles. The first-order valence-electron chi connectivity index (χ1n) is 10.8. The first-order valence-corrected chi connectivity index (χ1v) is 10.8. The Morgan fingerprint density at radius 1 is 1.31 bits per heavy atom. The van der Waals surface area contributed by atoms with Gasteiger partial charge in [0.25, 0.3) is 5.91 Å². The average Bonchev–Trinajstić information content (AvgIpc) is 3.08. The van der Waals surface area contributed by atoms with Gasteiger partial charge in [0.1, 0.15) is 5.75 Å². The number of unbranched alkanes of at least 4 members (excludes halogenated alkanes) is 1. The smallest absolute Gasteiger partial charge is 0.272 e. The molecule has 7 heteroatoms. The van der Waals surface area contributed by atoms with Gasteiger partial charge in [-0.15, -0.1) is 0 Å². The summed E-state index contributed by atoms with van der Waals surface area (Å²) in [5.41, 5.74) is 1.09. The normalized spacial score (nSPS) is 24.9. The second-order valence-electron chi connectivity index (χ2n) is 8.64. The molecule has 0 aliphatic carbocycles. The maximum Gasteiger partial charge on any atom is 0.272 e. The number of hydrogen-bond donors (Lipinski definition) is 2. The number of carbonyl (C=O) groups excluding carboxylic acids is 1. The van der Waals surface area contributed by atoms with Crippen molar-refractivity contribution >= 4 is 16.8 Å². The number of ether oxygens (including phenoxy) is 1. The molecule has 4 rings (SSSR count). The van der Waals surface area contributed by atoms with Crippen molar-refractivity contribution in [2.75, 3.05) is 19.8 Å². The largest absolute Gasteiger partial charge is 0.507 e. The highest BCUT2D eigenvalue weighted by molar-refractivity contribution is 6.07. The van der Waals surface area contributed by atoms with E-state index in [-0.39, 0.29) is 23.7 Å². The Morgan fingerprint density at radius 2 is 2.03 bits per heavy atom. The molecule has 0 radical (unpaired) electrons. The third kappa shape index (κ3) is 3.85. The monoisotopic (exact) mass is 400 g/mol. The number of rotatable bonds is 6. The van der Waals surface area contributed by atoms with Gasteiger partial charge in [0.15, 0.2) is 5.69 Å². The van der Waals surface area contributed by atoms with Crippen LogP contribution >= 0.6 is 0 Å². The Morgan fingerprint density at radius 3 is 2.69 bits per heavy atom. The van der Waals surface area contributed by atoms with Crippen molar-refractivity contribution in [1.82, 2.24) is 20.0 Å². The van der Waals surface area contributed by atoms with Crippen LogP contribution in [-0.4, -0.2) is 63.6 Å². The van der Waals surface area contributed by atoms with Crippen molar-refractivity contribution in [2.24, 2.45) is 0 Å². The molecule has 2 aliphatic heterocycles. The van der Waals surface area contributed by atoms with Gasteiger partial charge in [-0.2, -0.15) is 5.10 Å². The fraction of sp³-hybridized carbons (Fsp3) is 0.636. The number of nitrogens with one attached hydrogen (secondary N) is 1. The van der Waals surface area contributed by atoms with Crippen LogP contribution in [0.3, 0.4) is 0 Å². The predicted molar refractivity (Wildman–Crippen MR) is 112 cm³/mol. The van der Waals surface area contributed by atoms with Crippen LogP contribution in [0.25, 0.3) is 10.9 Å². The topological polar surface area (TPSA) is 79.6 Å². The lowest BCUT2D eigenvalue weighted by Crippen LogP contribution is -2.60. The Kier molecular flexibility index (Phi) is 5.79. The molecule has 7 nitrogen and oxygen atoms in total. The van der Waals surface area contributed by atoms with E-state index in [1.165, 1.54) is 12.8 Å². The molecule has 2 saturated heterocycles. The number of aromatic nitrogens is 2. The summed E-state index contributed by atoms with van der Waals surface area (Å²) in [6, 6.07) is 6.21. The van der Waals surface area contributed by atoms with Gasteiger partial charge in [-0.1, -0.05) is 19.4 Å². The standard InChI is InChI=1S/C22H32N4O3/c1-4-5-9-25-16-10-15(11-17(25)13-29-12-16)23-22(28)21-20-18(7-6-8-19(20)27)26(24-21)14(2)3/h6-8,14-17,27H,4-5,9-13H2,1-3H3,(H,23,28)/t15-,16-,17+. The molecule has 2 fully saturated rings. The number of phenols is 1. The predicted octanol–water partition coefficient (Wildman–Crippen LogP) is 3.08. The van der Waals surface area contributed by atoms with Crippen molar-refractivity contribution in [3.8, 4) is 5.75 Å². The summed E-state index contributed by atoms with van der Waals surface area (Å²) in [5.74, 6) is -0.110. The van der Waals surface area contributed by atoms with Crippen molar-refractivity contribution in [2.45, 2.75) is 70.6 Å². The second-order valence-corrected chi connectivity index (χ2v) is 8.64. The Hall–Kier alpha value is -2.12. The molecular formula is C22H32N4O3. The van der Waals surface area contributed by atoms with Crippen LogP contribution in [0.1, 0.15) is 63.0 Å². The maximum absolute atomic E-state index is 13.1. The summed E-state index contributed by atoms with van der Waals surface area (Å²) in [7, 11) is 0. The number of benzene rings is 1. The van der Waals surface area contributed by atoms with Crippen LogP contribution in [0, 0.1) is 0 Å². The summed E-state index contributed by atoms with van der Waals surface area (Å²) in [6.07, 6.45) is 4.16. The van der Waals surface area contributed by atoms with E-state index >= 15 is 0 Å². The second kappa shape index (κ2) is 8.32. The zero-order valence-corrected chi connectivity index (χ0v) is 17.6. The van der Waals surface area contributed by atoms with Crippen LogP contribution in [0.2, 0.25) is 0 Å². The first kappa shape index (κ1) is 20.2. The van der Waals surface area contributed by atoms with Crippen LogP contribution in [0.15, 0.2) is 18.2 Å². The van der Waals surface area contributed by atoms with E-state index in [9.17, 15) is 9.90 Å². The highest BCUT2D eigenvalue weighted by atomic mass is 16.5. The number of carbonyl (C=O) groups is 1. The number of aromatic hydroxyl groups is 1. The molecule has 3 atom stereocenters. The van der Waals surface area contributed by atoms with Crippen molar-refractivity contribution in [1.29, 1.82) is 0 Å². The van der Waals surface area contributed by atoms with Crippen molar-refractivity contribution < 1.29 is 14.6 Å². The van der Waals surface area contributed by atoms with Gasteiger partial charge in [-0.05, 0) is 51.8 Å². The van der Waals surface area contributed by atoms with E-state index in [0.29, 0.717) is 23.2 Å². The summed E-state index contributed by atoms with van der Waals surface area (Å²) in [5, 5.41) is 18.7. The zero-order chi connectivity index (χ0) is 20.5. The number of hydrogen-bond acceptors (Lipinski definition) is 5. The number of nitrogens with zero attached hydrogens (tertiary/aromatic N) is 3. The Bertz CT molecular complexity index is 864. The first-order chi connectivity index (χ1) is 14.0. The molecule has 0 saturated carbocycles. The van der Waals surface area contributed by atoms with Gasteiger partial charge in [0.05, 0.1) is 24.1 Å².